The third kappa shape index (κ3) is 4.75. The number of nitrogens with one attached hydrogen (secondary N) is 1. The first-order chi connectivity index (χ1) is 12.5. The molecule has 2 fully saturated rings. The topological polar surface area (TPSA) is 74.0 Å². The monoisotopic (exact) mass is 357 g/mol. The van der Waals surface area contributed by atoms with E-state index >= 15 is 0 Å². The fourth-order valence-electron chi connectivity index (χ4n) is 3.42. The lowest BCUT2D eigenvalue weighted by Gasteiger charge is -2.38. The second-order valence-corrected chi connectivity index (χ2v) is 7.49. The van der Waals surface area contributed by atoms with Crippen molar-refractivity contribution in [2.45, 2.75) is 33.1 Å². The number of aryl methyl sites for hydroxylation is 2. The quantitative estimate of drug-likeness (QED) is 0.624. The summed E-state index contributed by atoms with van der Waals surface area (Å²) in [6, 6.07) is 6.18. The van der Waals surface area contributed by atoms with Gasteiger partial charge < -0.3 is 16.0 Å². The highest BCUT2D eigenvalue weighted by atomic mass is 16.2. The molecular formula is C20H31N5O. The number of piperazine rings is 1. The molecule has 0 radical (unpaired) electrons. The van der Waals surface area contributed by atoms with Crippen molar-refractivity contribution in [3.63, 3.8) is 0 Å². The molecule has 142 valence electrons. The number of hydrogen-bond donors (Lipinski definition) is 2. The first-order valence-electron chi connectivity index (χ1n) is 9.68. The van der Waals surface area contributed by atoms with Gasteiger partial charge in [-0.25, -0.2) is 0 Å². The van der Waals surface area contributed by atoms with Gasteiger partial charge in [-0.1, -0.05) is 12.5 Å². The molecule has 3 rings (SSSR count). The molecule has 6 nitrogen and oxygen atoms in total. The van der Waals surface area contributed by atoms with Crippen LogP contribution in [0.15, 0.2) is 23.2 Å². The Balaban J connectivity index is 1.38. The number of nitrogens with two attached hydrogens (primary N) is 1. The summed E-state index contributed by atoms with van der Waals surface area (Å²) in [5.74, 6) is 1.13. The Morgan fingerprint density at radius 1 is 1.19 bits per heavy atom. The fraction of sp³-hybridized carbons (Fsp3) is 0.600. The summed E-state index contributed by atoms with van der Waals surface area (Å²) in [5.41, 5.74) is 9.46. The Hall–Kier alpha value is -2.08. The van der Waals surface area contributed by atoms with Crippen LogP contribution in [0.5, 0.6) is 0 Å². The standard InChI is InChI=1S/C20H31N5O/c1-15-6-7-18(14-16(15)2)23-20(21)22-8-9-24-10-12-25(13-11-24)19(26)17-4-3-5-17/h6-7,14,17H,3-5,8-13H2,1-2H3,(H3,21,22,23). The molecule has 1 saturated carbocycles. The molecule has 2 aliphatic rings. The van der Waals surface area contributed by atoms with E-state index in [0.717, 1.165) is 51.3 Å². The zero-order valence-corrected chi connectivity index (χ0v) is 16.0. The second kappa shape index (κ2) is 8.54. The van der Waals surface area contributed by atoms with Gasteiger partial charge in [0.2, 0.25) is 5.91 Å². The maximum absolute atomic E-state index is 12.3. The Kier molecular flexibility index (Phi) is 6.14. The maximum Gasteiger partial charge on any atom is 0.225 e. The number of carbonyl (C=O) groups excluding carboxylic acids is 1. The van der Waals surface area contributed by atoms with Gasteiger partial charge in [0.15, 0.2) is 5.96 Å². The van der Waals surface area contributed by atoms with Crippen LogP contribution in [0, 0.1) is 19.8 Å². The minimum Gasteiger partial charge on any atom is -0.370 e. The first kappa shape index (κ1) is 18.7. The normalized spacial score (nSPS) is 19.3. The van der Waals surface area contributed by atoms with Gasteiger partial charge in [-0.2, -0.15) is 0 Å². The average molecular weight is 358 g/mol. The van der Waals surface area contributed by atoms with E-state index in [2.05, 4.69) is 41.2 Å². The van der Waals surface area contributed by atoms with E-state index in [1.165, 1.54) is 17.5 Å². The molecule has 0 atom stereocenters. The number of rotatable bonds is 5. The summed E-state index contributed by atoms with van der Waals surface area (Å²) in [7, 11) is 0. The average Bonchev–Trinajstić information content (AvgIpc) is 2.57. The molecule has 0 unspecified atom stereocenters. The molecule has 1 heterocycles. The third-order valence-electron chi connectivity index (χ3n) is 5.62. The summed E-state index contributed by atoms with van der Waals surface area (Å²) < 4.78 is 0. The largest absolute Gasteiger partial charge is 0.370 e. The Labute approximate surface area is 156 Å². The summed E-state index contributed by atoms with van der Waals surface area (Å²) >= 11 is 0. The predicted molar refractivity (Wildman–Crippen MR) is 106 cm³/mol. The van der Waals surface area contributed by atoms with E-state index < -0.39 is 0 Å². The van der Waals surface area contributed by atoms with E-state index in [0.29, 0.717) is 24.3 Å². The number of nitrogens with zero attached hydrogens (tertiary/aromatic N) is 3. The molecule has 1 aliphatic carbocycles. The predicted octanol–water partition coefficient (Wildman–Crippen LogP) is 1.97. The van der Waals surface area contributed by atoms with Crippen molar-refractivity contribution >= 4 is 17.6 Å². The van der Waals surface area contributed by atoms with Gasteiger partial charge in [-0.15, -0.1) is 0 Å². The van der Waals surface area contributed by atoms with Crippen LogP contribution in [-0.4, -0.2) is 60.9 Å². The van der Waals surface area contributed by atoms with E-state index in [-0.39, 0.29) is 0 Å². The Morgan fingerprint density at radius 2 is 1.92 bits per heavy atom. The van der Waals surface area contributed by atoms with E-state index in [1.807, 2.05) is 11.0 Å². The highest BCUT2D eigenvalue weighted by molar-refractivity contribution is 5.92. The van der Waals surface area contributed by atoms with Crippen LogP contribution in [-0.2, 0) is 4.79 Å². The van der Waals surface area contributed by atoms with Crippen molar-refractivity contribution in [1.82, 2.24) is 9.80 Å². The number of benzene rings is 1. The lowest BCUT2D eigenvalue weighted by Crippen LogP contribution is -2.51. The van der Waals surface area contributed by atoms with E-state index in [1.54, 1.807) is 0 Å². The SMILES string of the molecule is Cc1ccc(NC(N)=NCCN2CCN(C(=O)C3CCC3)CC2)cc1C. The highest BCUT2D eigenvalue weighted by Gasteiger charge is 2.30. The lowest BCUT2D eigenvalue weighted by molar-refractivity contribution is -0.139. The van der Waals surface area contributed by atoms with Crippen molar-refractivity contribution in [1.29, 1.82) is 0 Å². The lowest BCUT2D eigenvalue weighted by atomic mass is 9.84. The molecular weight excluding hydrogens is 326 g/mol. The first-order valence-corrected chi connectivity index (χ1v) is 9.68. The van der Waals surface area contributed by atoms with Crippen LogP contribution in [0.25, 0.3) is 0 Å². The molecule has 1 aromatic rings. The van der Waals surface area contributed by atoms with E-state index in [4.69, 9.17) is 5.73 Å². The summed E-state index contributed by atoms with van der Waals surface area (Å²) in [5, 5.41) is 3.15. The molecule has 1 aromatic carbocycles. The van der Waals surface area contributed by atoms with E-state index in [9.17, 15) is 4.79 Å². The van der Waals surface area contributed by atoms with Gasteiger partial charge in [-0.3, -0.25) is 14.7 Å². The van der Waals surface area contributed by atoms with Gasteiger partial charge in [0.05, 0.1) is 6.54 Å². The number of aliphatic imine (C=N–C) groups is 1. The van der Waals surface area contributed by atoms with Gasteiger partial charge in [-0.05, 0) is 49.9 Å². The summed E-state index contributed by atoms with van der Waals surface area (Å²) in [6.45, 7) is 9.27. The van der Waals surface area contributed by atoms with Gasteiger partial charge in [0, 0.05) is 44.3 Å². The van der Waals surface area contributed by atoms with Crippen molar-refractivity contribution < 1.29 is 4.79 Å². The van der Waals surface area contributed by atoms with Crippen molar-refractivity contribution in [2.24, 2.45) is 16.6 Å². The zero-order chi connectivity index (χ0) is 18.5. The number of hydrogen-bond acceptors (Lipinski definition) is 3. The number of amides is 1. The number of guanidine groups is 1. The smallest absolute Gasteiger partial charge is 0.225 e. The van der Waals surface area contributed by atoms with Crippen LogP contribution in [0.3, 0.4) is 0 Å². The summed E-state index contributed by atoms with van der Waals surface area (Å²) in [6.07, 6.45) is 3.38. The van der Waals surface area contributed by atoms with Crippen LogP contribution >= 0.6 is 0 Å². The third-order valence-corrected chi connectivity index (χ3v) is 5.62. The molecule has 3 N–H and O–H groups in total. The highest BCUT2D eigenvalue weighted by Crippen LogP contribution is 2.28. The van der Waals surface area contributed by atoms with Gasteiger partial charge in [0.1, 0.15) is 0 Å². The number of anilines is 1. The van der Waals surface area contributed by atoms with Gasteiger partial charge in [0.25, 0.3) is 0 Å². The fourth-order valence-corrected chi connectivity index (χ4v) is 3.42. The van der Waals surface area contributed by atoms with Crippen LogP contribution < -0.4 is 11.1 Å². The van der Waals surface area contributed by atoms with Crippen molar-refractivity contribution in [3.05, 3.63) is 29.3 Å². The van der Waals surface area contributed by atoms with Crippen LogP contribution in [0.2, 0.25) is 0 Å². The van der Waals surface area contributed by atoms with Crippen molar-refractivity contribution in [3.8, 4) is 0 Å². The molecule has 1 saturated heterocycles. The minimum absolute atomic E-state index is 0.308. The maximum atomic E-state index is 12.3. The number of carbonyl (C=O) groups is 1. The molecule has 0 spiro atoms. The van der Waals surface area contributed by atoms with Crippen LogP contribution in [0.1, 0.15) is 30.4 Å². The van der Waals surface area contributed by atoms with Crippen molar-refractivity contribution in [2.75, 3.05) is 44.6 Å². The molecule has 0 bridgehead atoms. The molecule has 1 aliphatic heterocycles. The molecule has 26 heavy (non-hydrogen) atoms. The van der Waals surface area contributed by atoms with Crippen LogP contribution in [0.4, 0.5) is 5.69 Å². The molecule has 6 heteroatoms. The summed E-state index contributed by atoms with van der Waals surface area (Å²) in [4.78, 5) is 21.1. The Bertz CT molecular complexity index is 660. The minimum atomic E-state index is 0.308. The van der Waals surface area contributed by atoms with Gasteiger partial charge >= 0.3 is 0 Å². The Morgan fingerprint density at radius 3 is 2.54 bits per heavy atom. The zero-order valence-electron chi connectivity index (χ0n) is 16.0. The molecule has 0 aromatic heterocycles. The molecule has 1 amide bonds. The second-order valence-electron chi connectivity index (χ2n) is 7.49.